The summed E-state index contributed by atoms with van der Waals surface area (Å²) in [6.07, 6.45) is 3.49. The number of hydrogen-bond donors (Lipinski definition) is 2. The van der Waals surface area contributed by atoms with Gasteiger partial charge < -0.3 is 15.2 Å². The molecule has 1 aliphatic rings. The predicted octanol–water partition coefficient (Wildman–Crippen LogP) is 1.55. The molecule has 1 aromatic rings. The van der Waals surface area contributed by atoms with Crippen LogP contribution in [0.4, 0.5) is 0 Å². The predicted molar refractivity (Wildman–Crippen MR) is 91.4 cm³/mol. The molecule has 7 heteroatoms. The van der Waals surface area contributed by atoms with Crippen LogP contribution in [0.15, 0.2) is 4.99 Å². The first-order valence-corrected chi connectivity index (χ1v) is 7.06. The monoisotopic (exact) mass is 392 g/mol. The Hall–Kier alpha value is -0.860. The molecular weight excluding hydrogens is 367 g/mol. The van der Waals surface area contributed by atoms with E-state index < -0.39 is 0 Å². The highest BCUT2D eigenvalue weighted by molar-refractivity contribution is 14.0. The van der Waals surface area contributed by atoms with Crippen LogP contribution in [0.25, 0.3) is 0 Å². The van der Waals surface area contributed by atoms with Crippen molar-refractivity contribution >= 4 is 29.9 Å². The van der Waals surface area contributed by atoms with E-state index in [1.54, 1.807) is 7.05 Å². The second-order valence-corrected chi connectivity index (χ2v) is 5.34. The van der Waals surface area contributed by atoms with Crippen molar-refractivity contribution in [2.75, 3.05) is 13.6 Å². The number of aryl methyl sites for hydroxylation is 1. The molecule has 0 atom stereocenters. The third-order valence-electron chi connectivity index (χ3n) is 3.25. The van der Waals surface area contributed by atoms with Crippen molar-refractivity contribution in [3.63, 3.8) is 0 Å². The van der Waals surface area contributed by atoms with Gasteiger partial charge in [-0.25, -0.2) is 0 Å². The molecule has 0 aromatic carbocycles. The van der Waals surface area contributed by atoms with Crippen molar-refractivity contribution in [1.82, 2.24) is 25.4 Å². The van der Waals surface area contributed by atoms with Crippen molar-refractivity contribution < 1.29 is 0 Å². The number of aromatic nitrogens is 3. The number of fused-ring (bicyclic) bond motifs is 1. The summed E-state index contributed by atoms with van der Waals surface area (Å²) in [4.78, 5) is 4.21. The Morgan fingerprint density at radius 2 is 2.10 bits per heavy atom. The minimum absolute atomic E-state index is 0. The van der Waals surface area contributed by atoms with Gasteiger partial charge in [-0.15, -0.1) is 34.2 Å². The third kappa shape index (κ3) is 4.60. The lowest BCUT2D eigenvalue weighted by molar-refractivity contribution is 0.504. The number of nitrogens with zero attached hydrogens (tertiary/aromatic N) is 4. The highest BCUT2D eigenvalue weighted by Crippen LogP contribution is 2.13. The zero-order chi connectivity index (χ0) is 13.7. The lowest BCUT2D eigenvalue weighted by Gasteiger charge is -2.16. The Bertz CT molecular complexity index is 440. The molecule has 0 saturated heterocycles. The van der Waals surface area contributed by atoms with Gasteiger partial charge in [0.15, 0.2) is 11.8 Å². The number of hydrogen-bond acceptors (Lipinski definition) is 3. The number of halogens is 1. The van der Waals surface area contributed by atoms with Crippen LogP contribution in [-0.4, -0.2) is 34.3 Å². The highest BCUT2D eigenvalue weighted by atomic mass is 127. The Balaban J connectivity index is 0.00000200. The van der Waals surface area contributed by atoms with E-state index in [-0.39, 0.29) is 24.0 Å². The number of rotatable bonds is 4. The van der Waals surface area contributed by atoms with Gasteiger partial charge in [0.2, 0.25) is 0 Å². The maximum atomic E-state index is 4.27. The van der Waals surface area contributed by atoms with E-state index in [2.05, 4.69) is 44.2 Å². The van der Waals surface area contributed by atoms with Gasteiger partial charge in [0.05, 0.1) is 6.54 Å². The van der Waals surface area contributed by atoms with Gasteiger partial charge in [-0.3, -0.25) is 4.99 Å². The van der Waals surface area contributed by atoms with E-state index >= 15 is 0 Å². The zero-order valence-corrected chi connectivity index (χ0v) is 14.8. The smallest absolute Gasteiger partial charge is 0.191 e. The van der Waals surface area contributed by atoms with Crippen LogP contribution in [0.3, 0.4) is 0 Å². The molecule has 114 valence electrons. The summed E-state index contributed by atoms with van der Waals surface area (Å²) in [5, 5.41) is 15.1. The highest BCUT2D eigenvalue weighted by Gasteiger charge is 2.15. The van der Waals surface area contributed by atoms with Gasteiger partial charge in [0.1, 0.15) is 5.82 Å². The fourth-order valence-corrected chi connectivity index (χ4v) is 2.18. The molecule has 1 aliphatic heterocycles. The van der Waals surface area contributed by atoms with Crippen LogP contribution in [-0.2, 0) is 19.5 Å². The molecule has 2 heterocycles. The minimum atomic E-state index is 0. The molecule has 0 bridgehead atoms. The quantitative estimate of drug-likeness (QED) is 0.464. The Morgan fingerprint density at radius 1 is 1.30 bits per heavy atom. The number of aliphatic imine (C=N–C) groups is 1. The standard InChI is InChI=1S/C13H24N6.HI/c1-10(2)8-15-13(14-3)16-9-12-18-17-11-6-4-5-7-19(11)12;/h10H,4-9H2,1-3H3,(H2,14,15,16);1H. The molecule has 0 saturated carbocycles. The van der Waals surface area contributed by atoms with Gasteiger partial charge in [0, 0.05) is 26.6 Å². The van der Waals surface area contributed by atoms with Crippen molar-refractivity contribution in [2.24, 2.45) is 10.9 Å². The van der Waals surface area contributed by atoms with E-state index in [0.717, 1.165) is 37.1 Å². The molecule has 0 aliphatic carbocycles. The average Bonchev–Trinajstić information content (AvgIpc) is 2.82. The van der Waals surface area contributed by atoms with Crippen LogP contribution >= 0.6 is 24.0 Å². The molecule has 6 nitrogen and oxygen atoms in total. The maximum Gasteiger partial charge on any atom is 0.191 e. The third-order valence-corrected chi connectivity index (χ3v) is 3.25. The Morgan fingerprint density at radius 3 is 2.80 bits per heavy atom. The van der Waals surface area contributed by atoms with E-state index in [1.165, 1.54) is 12.8 Å². The summed E-state index contributed by atoms with van der Waals surface area (Å²) in [6.45, 7) is 6.98. The van der Waals surface area contributed by atoms with Crippen LogP contribution in [0, 0.1) is 5.92 Å². The molecule has 0 spiro atoms. The number of nitrogens with one attached hydrogen (secondary N) is 2. The van der Waals surface area contributed by atoms with E-state index in [1.807, 2.05) is 0 Å². The fourth-order valence-electron chi connectivity index (χ4n) is 2.18. The van der Waals surface area contributed by atoms with Crippen molar-refractivity contribution in [1.29, 1.82) is 0 Å². The Kier molecular flexibility index (Phi) is 7.25. The Labute approximate surface area is 137 Å². The summed E-state index contributed by atoms with van der Waals surface area (Å²) >= 11 is 0. The summed E-state index contributed by atoms with van der Waals surface area (Å²) in [6, 6.07) is 0. The van der Waals surface area contributed by atoms with Crippen LogP contribution in [0.1, 0.15) is 38.3 Å². The molecule has 20 heavy (non-hydrogen) atoms. The normalized spacial score (nSPS) is 14.7. The van der Waals surface area contributed by atoms with Crippen molar-refractivity contribution in [3.05, 3.63) is 11.6 Å². The summed E-state index contributed by atoms with van der Waals surface area (Å²) in [5.41, 5.74) is 0. The molecule has 0 unspecified atom stereocenters. The van der Waals surface area contributed by atoms with Gasteiger partial charge in [0.25, 0.3) is 0 Å². The molecule has 0 radical (unpaired) electrons. The van der Waals surface area contributed by atoms with E-state index in [9.17, 15) is 0 Å². The summed E-state index contributed by atoms with van der Waals surface area (Å²) in [7, 11) is 1.79. The minimum Gasteiger partial charge on any atom is -0.356 e. The van der Waals surface area contributed by atoms with Gasteiger partial charge in [-0.1, -0.05) is 13.8 Å². The SMILES string of the molecule is CN=C(NCc1nnc2n1CCCC2)NCC(C)C.I. The van der Waals surface area contributed by atoms with Gasteiger partial charge in [-0.2, -0.15) is 0 Å². The van der Waals surface area contributed by atoms with E-state index in [4.69, 9.17) is 0 Å². The molecule has 2 rings (SSSR count). The van der Waals surface area contributed by atoms with Crippen molar-refractivity contribution in [2.45, 2.75) is 46.2 Å². The molecular formula is C13H25IN6. The second-order valence-electron chi connectivity index (χ2n) is 5.34. The van der Waals surface area contributed by atoms with E-state index in [0.29, 0.717) is 12.5 Å². The largest absolute Gasteiger partial charge is 0.356 e. The van der Waals surface area contributed by atoms with Crippen LogP contribution < -0.4 is 10.6 Å². The van der Waals surface area contributed by atoms with Crippen molar-refractivity contribution in [3.8, 4) is 0 Å². The molecule has 0 amide bonds. The molecule has 1 aromatic heterocycles. The van der Waals surface area contributed by atoms with Gasteiger partial charge >= 0.3 is 0 Å². The molecule has 2 N–H and O–H groups in total. The molecule has 0 fully saturated rings. The summed E-state index contributed by atoms with van der Waals surface area (Å²) in [5.74, 6) is 3.54. The lowest BCUT2D eigenvalue weighted by atomic mass is 10.2. The van der Waals surface area contributed by atoms with Crippen LogP contribution in [0.5, 0.6) is 0 Å². The fraction of sp³-hybridized carbons (Fsp3) is 0.769. The first kappa shape index (κ1) is 17.2. The summed E-state index contributed by atoms with van der Waals surface area (Å²) < 4.78 is 2.23. The topological polar surface area (TPSA) is 67.1 Å². The lowest BCUT2D eigenvalue weighted by Crippen LogP contribution is -2.39. The zero-order valence-electron chi connectivity index (χ0n) is 12.5. The number of guanidine groups is 1. The first-order valence-electron chi connectivity index (χ1n) is 7.06. The van der Waals surface area contributed by atoms with Gasteiger partial charge in [-0.05, 0) is 18.8 Å². The first-order chi connectivity index (χ1) is 9.20. The van der Waals surface area contributed by atoms with Crippen LogP contribution in [0.2, 0.25) is 0 Å². The second kappa shape index (κ2) is 8.43. The average molecular weight is 392 g/mol. The maximum absolute atomic E-state index is 4.27.